The largest absolute Gasteiger partial charge is 0.497 e. The van der Waals surface area contributed by atoms with Gasteiger partial charge in [-0.15, -0.1) is 0 Å². The fraction of sp³-hybridized carbons (Fsp3) is 0.202. The Kier molecular flexibility index (Phi) is 30.0. The van der Waals surface area contributed by atoms with Gasteiger partial charge in [-0.05, 0) is 260 Å². The number of hydrogen-bond donors (Lipinski definition) is 0. The standard InChI is InChI=1S/C30H26O3.C28H22O3.C23H22O3.C20H24O3.C18H20O3/c1-19-17-22(13-15-28(19)32-4)30(23-14-16-29(20(2)18-23)33-21(3)31)26-11-7-5-9-24(26)25-10-6-8-12-27(25)30;1-19(29)31-23-17-13-21(14-18-23)28(20-11-15-22(30-2)16-12-20)26-9-5-3-7-24(26)25-8-4-6-10-27(25)28;1-17(24)26-22-15-11-20(12-16-22)23(2,18-7-5-4-6-8-18)19-9-13-21(25-3)14-10-19;1-13-11-16(7-9-18(13)22-6)20(4,5)17-8-10-19(14(2)12-17)23-15(3)21;1-13(19)21-17-11-7-15(8-12-17)18(2,3)14-5-9-16(20-4)10-6-14/h5-18H,1-4H3;3-18H,1-2H3;4-16H,1-3H3;7-12H,1-6H3;5-12H,1-4H3. The van der Waals surface area contributed by atoms with Crippen LogP contribution in [0.2, 0.25) is 0 Å². The zero-order chi connectivity index (χ0) is 95.8. The van der Waals surface area contributed by atoms with Crippen LogP contribution in [-0.4, -0.2) is 65.4 Å². The summed E-state index contributed by atoms with van der Waals surface area (Å²) < 4.78 is 53.0. The second-order valence-corrected chi connectivity index (χ2v) is 34.5. The van der Waals surface area contributed by atoms with Crippen molar-refractivity contribution in [2.24, 2.45) is 0 Å². The number of fused-ring (bicyclic) bond motifs is 6. The molecule has 15 aromatic carbocycles. The molecule has 15 nitrogen and oxygen atoms in total. The average molecular weight is 1780 g/mol. The summed E-state index contributed by atoms with van der Waals surface area (Å²) in [5.41, 5.74) is 25.2. The maximum Gasteiger partial charge on any atom is 0.308 e. The van der Waals surface area contributed by atoms with E-state index in [2.05, 4.69) is 248 Å². The molecule has 0 heterocycles. The van der Waals surface area contributed by atoms with Crippen LogP contribution in [0.4, 0.5) is 0 Å². The molecular weight excluding hydrogens is 1670 g/mol. The van der Waals surface area contributed by atoms with Crippen molar-refractivity contribution >= 4 is 29.8 Å². The van der Waals surface area contributed by atoms with E-state index in [0.717, 1.165) is 84.4 Å². The Morgan fingerprint density at radius 1 is 0.216 bits per heavy atom. The van der Waals surface area contributed by atoms with Gasteiger partial charge in [0, 0.05) is 50.9 Å². The molecule has 15 aromatic rings. The minimum Gasteiger partial charge on any atom is -0.497 e. The number of benzene rings is 15. The van der Waals surface area contributed by atoms with Crippen molar-refractivity contribution in [1.82, 2.24) is 0 Å². The van der Waals surface area contributed by atoms with Crippen LogP contribution in [0.1, 0.15) is 175 Å². The summed E-state index contributed by atoms with van der Waals surface area (Å²) in [6.45, 7) is 26.0. The minimum absolute atomic E-state index is 0.138. The summed E-state index contributed by atoms with van der Waals surface area (Å²) in [6.07, 6.45) is 0. The van der Waals surface area contributed by atoms with Gasteiger partial charge >= 0.3 is 29.8 Å². The molecule has 0 aliphatic heterocycles. The number of carbonyl (C=O) groups is 5. The Morgan fingerprint density at radius 2 is 0.448 bits per heavy atom. The molecule has 0 amide bonds. The zero-order valence-electron chi connectivity index (χ0n) is 79.5. The molecule has 0 saturated carbocycles. The predicted octanol–water partition coefficient (Wildman–Crippen LogP) is 26.1. The first-order chi connectivity index (χ1) is 64.3. The topological polar surface area (TPSA) is 178 Å². The Hall–Kier alpha value is -15.4. The highest BCUT2D eigenvalue weighted by Crippen LogP contribution is 2.59. The van der Waals surface area contributed by atoms with Crippen molar-refractivity contribution in [3.8, 4) is 79.7 Å². The predicted molar refractivity (Wildman–Crippen MR) is 531 cm³/mol. The summed E-state index contributed by atoms with van der Waals surface area (Å²) in [4.78, 5) is 56.2. The van der Waals surface area contributed by atoms with Crippen molar-refractivity contribution in [3.05, 3.63) is 451 Å². The molecule has 15 heteroatoms. The van der Waals surface area contributed by atoms with Crippen LogP contribution in [0.15, 0.2) is 346 Å². The van der Waals surface area contributed by atoms with Crippen molar-refractivity contribution in [2.45, 2.75) is 124 Å². The molecule has 134 heavy (non-hydrogen) atoms. The second-order valence-electron chi connectivity index (χ2n) is 34.5. The Balaban J connectivity index is 0.000000144. The molecule has 1 atom stereocenters. The molecule has 0 spiro atoms. The van der Waals surface area contributed by atoms with Gasteiger partial charge < -0.3 is 47.4 Å². The van der Waals surface area contributed by atoms with E-state index in [0.29, 0.717) is 28.7 Å². The lowest BCUT2D eigenvalue weighted by molar-refractivity contribution is -0.132. The average Bonchev–Trinajstić information content (AvgIpc) is 1.54. The number of methoxy groups -OCH3 is 5. The van der Waals surface area contributed by atoms with Crippen LogP contribution in [0.25, 0.3) is 22.3 Å². The van der Waals surface area contributed by atoms with Crippen molar-refractivity contribution in [1.29, 1.82) is 0 Å². The SMILES string of the molecule is COc1ccc(C(C)(C)c2ccc(OC(C)=O)c(C)c2)cc1C.COc1ccc(C(C)(C)c2ccc(OC(C)=O)cc2)cc1.COc1ccc(C(C)(c2ccccc2)c2ccc(OC(C)=O)cc2)cc1.COc1ccc(C2(c3ccc(OC(C)=O)c(C)c3)c3ccccc3-c3ccccc32)cc1C.COc1ccc(C2(c3ccc(OC(C)=O)cc3)c3ccccc3-c3ccccc32)cc1. The van der Waals surface area contributed by atoms with Crippen LogP contribution in [0.5, 0.6) is 57.5 Å². The monoisotopic (exact) mass is 1780 g/mol. The first-order valence-corrected chi connectivity index (χ1v) is 44.5. The summed E-state index contributed by atoms with van der Waals surface area (Å²) in [6, 6.07) is 117. The Labute approximate surface area is 787 Å². The van der Waals surface area contributed by atoms with Crippen molar-refractivity contribution in [3.63, 3.8) is 0 Å². The Bertz CT molecular complexity index is 6600. The second kappa shape index (κ2) is 41.8. The molecule has 0 bridgehead atoms. The summed E-state index contributed by atoms with van der Waals surface area (Å²) in [5, 5.41) is 0. The molecule has 0 radical (unpaired) electrons. The van der Waals surface area contributed by atoms with Crippen molar-refractivity contribution < 1.29 is 71.3 Å². The van der Waals surface area contributed by atoms with Gasteiger partial charge in [0.1, 0.15) is 57.5 Å². The maximum absolute atomic E-state index is 11.6. The third-order valence-corrected chi connectivity index (χ3v) is 25.3. The zero-order valence-corrected chi connectivity index (χ0v) is 79.5. The van der Waals surface area contributed by atoms with E-state index >= 15 is 0 Å². The minimum atomic E-state index is -0.496. The molecule has 680 valence electrons. The highest BCUT2D eigenvalue weighted by molar-refractivity contribution is 5.88. The molecular formula is C119H114O15. The van der Waals surface area contributed by atoms with Gasteiger partial charge in [-0.3, -0.25) is 24.0 Å². The summed E-state index contributed by atoms with van der Waals surface area (Å²) in [7, 11) is 8.39. The third kappa shape index (κ3) is 20.4. The molecule has 2 aliphatic carbocycles. The molecule has 17 rings (SSSR count). The van der Waals surface area contributed by atoms with E-state index in [1.165, 1.54) is 107 Å². The van der Waals surface area contributed by atoms with Crippen molar-refractivity contribution in [2.75, 3.05) is 35.5 Å². The Morgan fingerprint density at radius 3 is 0.754 bits per heavy atom. The fourth-order valence-electron chi connectivity index (χ4n) is 18.3. The van der Waals surface area contributed by atoms with Gasteiger partial charge in [-0.1, -0.05) is 276 Å². The number of carbonyl (C=O) groups excluding carboxylic acids is 5. The molecule has 0 saturated heterocycles. The quantitative estimate of drug-likeness (QED) is 0.0377. The van der Waals surface area contributed by atoms with Crippen LogP contribution in [-0.2, 0) is 51.0 Å². The van der Waals surface area contributed by atoms with Gasteiger partial charge in [-0.2, -0.15) is 0 Å². The van der Waals surface area contributed by atoms with Gasteiger partial charge in [0.05, 0.1) is 46.4 Å². The first kappa shape index (κ1) is 96.2. The highest BCUT2D eigenvalue weighted by Gasteiger charge is 2.48. The molecule has 0 fully saturated rings. The van der Waals surface area contributed by atoms with Crippen LogP contribution < -0.4 is 47.4 Å². The lowest BCUT2D eigenvalue weighted by Gasteiger charge is -2.34. The van der Waals surface area contributed by atoms with E-state index in [-0.39, 0.29) is 46.1 Å². The summed E-state index contributed by atoms with van der Waals surface area (Å²) in [5.74, 6) is 5.55. The maximum atomic E-state index is 11.6. The van der Waals surface area contributed by atoms with Crippen LogP contribution in [0.3, 0.4) is 0 Å². The highest BCUT2D eigenvalue weighted by atomic mass is 16.6. The van der Waals surface area contributed by atoms with E-state index < -0.39 is 10.8 Å². The summed E-state index contributed by atoms with van der Waals surface area (Å²) >= 11 is 0. The normalized spacial score (nSPS) is 12.5. The van der Waals surface area contributed by atoms with E-state index in [4.69, 9.17) is 47.4 Å². The smallest absolute Gasteiger partial charge is 0.308 e. The molecule has 1 unspecified atom stereocenters. The van der Waals surface area contributed by atoms with E-state index in [1.54, 1.807) is 35.5 Å². The molecule has 0 N–H and O–H groups in total. The number of ether oxygens (including phenoxy) is 10. The van der Waals surface area contributed by atoms with Gasteiger partial charge in [0.25, 0.3) is 0 Å². The van der Waals surface area contributed by atoms with E-state index in [1.807, 2.05) is 160 Å². The van der Waals surface area contributed by atoms with Gasteiger partial charge in [-0.25, -0.2) is 0 Å². The number of hydrogen-bond acceptors (Lipinski definition) is 15. The molecule has 0 aromatic heterocycles. The van der Waals surface area contributed by atoms with Crippen LogP contribution in [0, 0.1) is 27.7 Å². The lowest BCUT2D eigenvalue weighted by atomic mass is 9.67. The van der Waals surface area contributed by atoms with Gasteiger partial charge in [0.15, 0.2) is 0 Å². The van der Waals surface area contributed by atoms with Crippen LogP contribution >= 0.6 is 0 Å². The number of aryl methyl sites for hydroxylation is 4. The number of rotatable bonds is 21. The van der Waals surface area contributed by atoms with E-state index in [9.17, 15) is 24.0 Å². The third-order valence-electron chi connectivity index (χ3n) is 25.3. The number of esters is 5. The lowest BCUT2D eigenvalue weighted by Crippen LogP contribution is -2.29. The fourth-order valence-corrected chi connectivity index (χ4v) is 18.3. The first-order valence-electron chi connectivity index (χ1n) is 44.5. The van der Waals surface area contributed by atoms with Gasteiger partial charge in [0.2, 0.25) is 0 Å². The molecule has 2 aliphatic rings.